The average molecular weight is 258 g/mol. The predicted octanol–water partition coefficient (Wildman–Crippen LogP) is 1.70. The fourth-order valence-corrected chi connectivity index (χ4v) is 2.70. The second-order valence-electron chi connectivity index (χ2n) is 5.04. The molecule has 0 radical (unpaired) electrons. The van der Waals surface area contributed by atoms with E-state index in [9.17, 15) is 4.79 Å². The number of nitrogens with zero attached hydrogens (tertiary/aromatic N) is 4. The van der Waals surface area contributed by atoms with Crippen LogP contribution in [0.1, 0.15) is 29.4 Å². The average Bonchev–Trinajstić information content (AvgIpc) is 3.09. The van der Waals surface area contributed by atoms with Crippen LogP contribution in [0.5, 0.6) is 0 Å². The second kappa shape index (κ2) is 4.91. The molecule has 0 saturated carbocycles. The van der Waals surface area contributed by atoms with E-state index >= 15 is 0 Å². The maximum absolute atomic E-state index is 12.5. The van der Waals surface area contributed by atoms with E-state index < -0.39 is 0 Å². The fraction of sp³-hybridized carbons (Fsp3) is 0.429. The summed E-state index contributed by atoms with van der Waals surface area (Å²) in [6.07, 6.45) is 7.78. The minimum absolute atomic E-state index is 0.115. The van der Waals surface area contributed by atoms with Gasteiger partial charge in [-0.2, -0.15) is 5.10 Å². The first kappa shape index (κ1) is 12.0. The summed E-state index contributed by atoms with van der Waals surface area (Å²) in [6, 6.07) is 6.01. The summed E-state index contributed by atoms with van der Waals surface area (Å²) in [5.41, 5.74) is 0.751. The minimum atomic E-state index is 0.115. The highest BCUT2D eigenvalue weighted by atomic mass is 16.2. The first-order valence-corrected chi connectivity index (χ1v) is 6.65. The van der Waals surface area contributed by atoms with Crippen LogP contribution in [0.4, 0.5) is 0 Å². The van der Waals surface area contributed by atoms with Gasteiger partial charge in [0.15, 0.2) is 0 Å². The van der Waals surface area contributed by atoms with Crippen LogP contribution in [0.25, 0.3) is 0 Å². The molecule has 1 saturated heterocycles. The first-order valence-electron chi connectivity index (χ1n) is 6.65. The lowest BCUT2D eigenvalue weighted by molar-refractivity contribution is 0.0663. The normalized spacial score (nSPS) is 19.6. The number of carbonyl (C=O) groups is 1. The molecule has 5 heteroatoms. The van der Waals surface area contributed by atoms with Crippen LogP contribution < -0.4 is 0 Å². The molecule has 1 fully saturated rings. The summed E-state index contributed by atoms with van der Waals surface area (Å²) >= 11 is 0. The van der Waals surface area contributed by atoms with Crippen LogP contribution in [0.2, 0.25) is 0 Å². The number of carbonyl (C=O) groups excluding carboxylic acids is 1. The molecular weight excluding hydrogens is 240 g/mol. The van der Waals surface area contributed by atoms with Gasteiger partial charge in [-0.05, 0) is 31.0 Å². The van der Waals surface area contributed by atoms with Crippen molar-refractivity contribution in [3.8, 4) is 0 Å². The maximum atomic E-state index is 12.5. The van der Waals surface area contributed by atoms with Gasteiger partial charge in [0.25, 0.3) is 5.91 Å². The summed E-state index contributed by atoms with van der Waals surface area (Å²) in [4.78, 5) is 14.4. The van der Waals surface area contributed by atoms with E-state index in [1.165, 1.54) is 0 Å². The molecule has 0 bridgehead atoms. The van der Waals surface area contributed by atoms with Crippen molar-refractivity contribution in [3.63, 3.8) is 0 Å². The number of aryl methyl sites for hydroxylation is 1. The summed E-state index contributed by atoms with van der Waals surface area (Å²) < 4.78 is 3.84. The van der Waals surface area contributed by atoms with Gasteiger partial charge in [-0.1, -0.05) is 0 Å². The molecule has 1 atom stereocenters. The molecule has 19 heavy (non-hydrogen) atoms. The van der Waals surface area contributed by atoms with E-state index in [-0.39, 0.29) is 5.91 Å². The number of likely N-dealkylation sites (tertiary alicyclic amines) is 1. The number of hydrogen-bond donors (Lipinski definition) is 0. The summed E-state index contributed by atoms with van der Waals surface area (Å²) in [6.45, 7) is 1.58. The molecule has 0 aromatic carbocycles. The topological polar surface area (TPSA) is 43.1 Å². The van der Waals surface area contributed by atoms with E-state index in [4.69, 9.17) is 0 Å². The zero-order chi connectivity index (χ0) is 13.2. The van der Waals surface area contributed by atoms with Gasteiger partial charge in [-0.25, -0.2) is 0 Å². The van der Waals surface area contributed by atoms with Crippen LogP contribution in [0.15, 0.2) is 36.8 Å². The Balaban J connectivity index is 1.75. The SMILES string of the molecule is Cn1cccc1C(=O)N1CCC[C@H](n2cccn2)C1. The van der Waals surface area contributed by atoms with Crippen molar-refractivity contribution in [2.45, 2.75) is 18.9 Å². The van der Waals surface area contributed by atoms with E-state index in [1.54, 1.807) is 6.20 Å². The smallest absolute Gasteiger partial charge is 0.270 e. The Morgan fingerprint density at radius 3 is 2.95 bits per heavy atom. The molecule has 0 aliphatic carbocycles. The lowest BCUT2D eigenvalue weighted by Crippen LogP contribution is -2.41. The van der Waals surface area contributed by atoms with Gasteiger partial charge in [0.2, 0.25) is 0 Å². The number of hydrogen-bond acceptors (Lipinski definition) is 2. The molecule has 5 nitrogen and oxygen atoms in total. The van der Waals surface area contributed by atoms with Gasteiger partial charge in [0.1, 0.15) is 5.69 Å². The molecule has 2 aromatic heterocycles. The molecule has 0 unspecified atom stereocenters. The molecule has 1 aliphatic heterocycles. The zero-order valence-electron chi connectivity index (χ0n) is 11.1. The van der Waals surface area contributed by atoms with E-state index in [0.29, 0.717) is 6.04 Å². The van der Waals surface area contributed by atoms with E-state index in [2.05, 4.69) is 5.10 Å². The van der Waals surface area contributed by atoms with Crippen molar-refractivity contribution in [1.29, 1.82) is 0 Å². The van der Waals surface area contributed by atoms with E-state index in [1.807, 2.05) is 51.8 Å². The van der Waals surface area contributed by atoms with Gasteiger partial charge in [-0.15, -0.1) is 0 Å². The van der Waals surface area contributed by atoms with Crippen molar-refractivity contribution in [3.05, 3.63) is 42.5 Å². The Kier molecular flexibility index (Phi) is 3.11. The fourth-order valence-electron chi connectivity index (χ4n) is 2.70. The number of aromatic nitrogens is 3. The lowest BCUT2D eigenvalue weighted by Gasteiger charge is -2.32. The van der Waals surface area contributed by atoms with Crippen molar-refractivity contribution < 1.29 is 4.79 Å². The van der Waals surface area contributed by atoms with E-state index in [0.717, 1.165) is 31.6 Å². The standard InChI is InChI=1S/C14H18N4O/c1-16-8-3-6-13(16)14(19)17-9-2-5-12(11-17)18-10-4-7-15-18/h3-4,6-8,10,12H,2,5,9,11H2,1H3/t12-/m0/s1. The van der Waals surface area contributed by atoms with Gasteiger partial charge >= 0.3 is 0 Å². The third-order valence-electron chi connectivity index (χ3n) is 3.75. The molecule has 3 rings (SSSR count). The van der Waals surface area contributed by atoms with Crippen LogP contribution in [-0.4, -0.2) is 38.2 Å². The Bertz CT molecular complexity index is 558. The number of amides is 1. The van der Waals surface area contributed by atoms with Crippen LogP contribution in [0.3, 0.4) is 0 Å². The number of rotatable bonds is 2. The summed E-state index contributed by atoms with van der Waals surface area (Å²) in [5, 5.41) is 4.29. The first-order chi connectivity index (χ1) is 9.25. The van der Waals surface area contributed by atoms with Crippen molar-refractivity contribution in [2.75, 3.05) is 13.1 Å². The van der Waals surface area contributed by atoms with Gasteiger partial charge < -0.3 is 9.47 Å². The minimum Gasteiger partial charge on any atom is -0.347 e. The zero-order valence-corrected chi connectivity index (χ0v) is 11.1. The third kappa shape index (κ3) is 2.28. The molecule has 100 valence electrons. The molecular formula is C14H18N4O. The Morgan fingerprint density at radius 1 is 1.37 bits per heavy atom. The van der Waals surface area contributed by atoms with Gasteiger partial charge in [0.05, 0.1) is 6.04 Å². The highest BCUT2D eigenvalue weighted by Crippen LogP contribution is 2.22. The van der Waals surface area contributed by atoms with Gasteiger partial charge in [-0.3, -0.25) is 9.48 Å². The molecule has 2 aromatic rings. The highest BCUT2D eigenvalue weighted by molar-refractivity contribution is 5.92. The Labute approximate surface area is 112 Å². The molecule has 0 N–H and O–H groups in total. The lowest BCUT2D eigenvalue weighted by atomic mass is 10.1. The van der Waals surface area contributed by atoms with Crippen molar-refractivity contribution in [2.24, 2.45) is 7.05 Å². The van der Waals surface area contributed by atoms with Gasteiger partial charge in [0, 0.05) is 38.7 Å². The maximum Gasteiger partial charge on any atom is 0.270 e. The van der Waals surface area contributed by atoms with Crippen LogP contribution >= 0.6 is 0 Å². The van der Waals surface area contributed by atoms with Crippen molar-refractivity contribution in [1.82, 2.24) is 19.2 Å². The summed E-state index contributed by atoms with van der Waals surface area (Å²) in [5.74, 6) is 0.115. The third-order valence-corrected chi connectivity index (χ3v) is 3.75. The molecule has 3 heterocycles. The van der Waals surface area contributed by atoms with Crippen molar-refractivity contribution >= 4 is 5.91 Å². The Morgan fingerprint density at radius 2 is 2.26 bits per heavy atom. The Hall–Kier alpha value is -2.04. The quantitative estimate of drug-likeness (QED) is 0.823. The molecule has 1 amide bonds. The molecule has 0 spiro atoms. The van der Waals surface area contributed by atoms with Crippen LogP contribution in [-0.2, 0) is 7.05 Å². The second-order valence-corrected chi connectivity index (χ2v) is 5.04. The highest BCUT2D eigenvalue weighted by Gasteiger charge is 2.26. The van der Waals surface area contributed by atoms with Crippen LogP contribution in [0, 0.1) is 0 Å². The number of piperidine rings is 1. The summed E-state index contributed by atoms with van der Waals surface area (Å²) in [7, 11) is 1.90. The molecule has 1 aliphatic rings. The monoisotopic (exact) mass is 258 g/mol. The predicted molar refractivity (Wildman–Crippen MR) is 71.8 cm³/mol. The largest absolute Gasteiger partial charge is 0.347 e.